The van der Waals surface area contributed by atoms with Crippen molar-refractivity contribution < 1.29 is 9.47 Å². The fraction of sp³-hybridized carbons (Fsp3) is 0.250. The minimum absolute atomic E-state index is 0.222. The number of benzene rings is 2. The Kier molecular flexibility index (Phi) is 9.05. The molecule has 186 valence electrons. The third kappa shape index (κ3) is 7.16. The van der Waals surface area contributed by atoms with Crippen molar-refractivity contribution in [3.63, 3.8) is 0 Å². The Bertz CT molecular complexity index is 1250. The van der Waals surface area contributed by atoms with Crippen LogP contribution in [0.1, 0.15) is 12.5 Å². The van der Waals surface area contributed by atoms with E-state index in [2.05, 4.69) is 27.1 Å². The van der Waals surface area contributed by atoms with E-state index in [0.717, 1.165) is 36.8 Å². The number of aromatic nitrogens is 3. The van der Waals surface area contributed by atoms with Gasteiger partial charge >= 0.3 is 0 Å². The molecule has 4 rings (SSSR count). The second-order valence-corrected chi connectivity index (χ2v) is 8.11. The van der Waals surface area contributed by atoms with E-state index in [-0.39, 0.29) is 11.4 Å². The maximum atomic E-state index is 12.9. The van der Waals surface area contributed by atoms with Crippen molar-refractivity contribution in [2.24, 2.45) is 0 Å². The molecule has 0 amide bonds. The monoisotopic (exact) mass is 485 g/mol. The Hall–Kier alpha value is -4.17. The molecule has 2 heterocycles. The number of anilines is 1. The van der Waals surface area contributed by atoms with E-state index in [9.17, 15) is 4.79 Å². The first kappa shape index (κ1) is 24.9. The Labute approximate surface area is 211 Å². The molecule has 0 atom stereocenters. The van der Waals surface area contributed by atoms with Gasteiger partial charge in [0.25, 0.3) is 5.56 Å². The van der Waals surface area contributed by atoms with Crippen LogP contribution in [0.4, 0.5) is 5.82 Å². The van der Waals surface area contributed by atoms with Crippen LogP contribution in [0.2, 0.25) is 0 Å². The van der Waals surface area contributed by atoms with Crippen LogP contribution in [0.5, 0.6) is 11.5 Å². The summed E-state index contributed by atoms with van der Waals surface area (Å²) in [5.41, 5.74) is 1.75. The first-order valence-electron chi connectivity index (χ1n) is 12.1. The number of pyridine rings is 1. The van der Waals surface area contributed by atoms with Gasteiger partial charge in [0.15, 0.2) is 5.82 Å². The fourth-order valence-corrected chi connectivity index (χ4v) is 3.68. The highest BCUT2D eigenvalue weighted by Crippen LogP contribution is 2.15. The summed E-state index contributed by atoms with van der Waals surface area (Å²) in [6.45, 7) is 6.21. The first-order valence-corrected chi connectivity index (χ1v) is 12.1. The van der Waals surface area contributed by atoms with Gasteiger partial charge in [0, 0.05) is 43.6 Å². The molecule has 0 spiro atoms. The molecule has 0 radical (unpaired) electrons. The smallest absolute Gasteiger partial charge is 0.297 e. The highest BCUT2D eigenvalue weighted by Gasteiger charge is 2.08. The number of hydrogen-bond donors (Lipinski definition) is 1. The van der Waals surface area contributed by atoms with Gasteiger partial charge in [-0.05, 0) is 60.6 Å². The van der Waals surface area contributed by atoms with E-state index in [1.54, 1.807) is 17.0 Å². The predicted molar refractivity (Wildman–Crippen MR) is 141 cm³/mol. The zero-order valence-electron chi connectivity index (χ0n) is 20.4. The number of nitrogens with one attached hydrogen (secondary N) is 1. The van der Waals surface area contributed by atoms with Gasteiger partial charge < -0.3 is 14.8 Å². The van der Waals surface area contributed by atoms with Crippen LogP contribution in [0.15, 0.2) is 96.3 Å². The van der Waals surface area contributed by atoms with E-state index < -0.39 is 0 Å². The molecule has 1 N–H and O–H groups in total. The molecule has 36 heavy (non-hydrogen) atoms. The van der Waals surface area contributed by atoms with Crippen LogP contribution in [0.25, 0.3) is 5.69 Å². The molecule has 0 aliphatic heterocycles. The summed E-state index contributed by atoms with van der Waals surface area (Å²) in [4.78, 5) is 23.5. The van der Waals surface area contributed by atoms with Crippen LogP contribution in [0, 0.1) is 0 Å². The van der Waals surface area contributed by atoms with Crippen LogP contribution in [0.3, 0.4) is 0 Å². The van der Waals surface area contributed by atoms with Gasteiger partial charge in [0.2, 0.25) is 0 Å². The quantitative estimate of drug-likeness (QED) is 0.287. The number of likely N-dealkylation sites (N-methyl/N-ethyl adjacent to an activating group) is 1. The van der Waals surface area contributed by atoms with Crippen molar-refractivity contribution >= 4 is 5.82 Å². The number of hydrogen-bond acceptors (Lipinski definition) is 7. The van der Waals surface area contributed by atoms with E-state index in [4.69, 9.17) is 9.47 Å². The Balaban J connectivity index is 1.28. The van der Waals surface area contributed by atoms with Crippen LogP contribution >= 0.6 is 0 Å². The minimum atomic E-state index is -0.222. The van der Waals surface area contributed by atoms with Gasteiger partial charge in [-0.15, -0.1) is 0 Å². The summed E-state index contributed by atoms with van der Waals surface area (Å²) in [5, 5.41) is 3.06. The summed E-state index contributed by atoms with van der Waals surface area (Å²) < 4.78 is 13.2. The minimum Gasteiger partial charge on any atom is -0.492 e. The average Bonchev–Trinajstić information content (AvgIpc) is 2.93. The highest BCUT2D eigenvalue weighted by atomic mass is 16.5. The lowest BCUT2D eigenvalue weighted by Gasteiger charge is -2.20. The van der Waals surface area contributed by atoms with Crippen molar-refractivity contribution in [3.8, 4) is 17.2 Å². The molecule has 8 heteroatoms. The van der Waals surface area contributed by atoms with E-state index in [0.29, 0.717) is 19.8 Å². The lowest BCUT2D eigenvalue weighted by atomic mass is 10.2. The van der Waals surface area contributed by atoms with E-state index >= 15 is 0 Å². The molecule has 8 nitrogen and oxygen atoms in total. The van der Waals surface area contributed by atoms with Gasteiger partial charge in [-0.2, -0.15) is 0 Å². The Morgan fingerprint density at radius 3 is 2.36 bits per heavy atom. The van der Waals surface area contributed by atoms with Crippen LogP contribution < -0.4 is 20.3 Å². The second kappa shape index (κ2) is 13.1. The van der Waals surface area contributed by atoms with Crippen LogP contribution in [-0.4, -0.2) is 52.3 Å². The summed E-state index contributed by atoms with van der Waals surface area (Å²) in [6.07, 6.45) is 6.89. The Morgan fingerprint density at radius 2 is 1.61 bits per heavy atom. The predicted octanol–water partition coefficient (Wildman–Crippen LogP) is 4.02. The van der Waals surface area contributed by atoms with E-state index in [1.165, 1.54) is 5.56 Å². The molecule has 2 aromatic carbocycles. The molecule has 0 bridgehead atoms. The number of rotatable bonds is 13. The summed E-state index contributed by atoms with van der Waals surface area (Å²) in [5.74, 6) is 1.83. The largest absolute Gasteiger partial charge is 0.492 e. The zero-order chi connectivity index (χ0) is 25.0. The molecule has 0 saturated carbocycles. The third-order valence-electron chi connectivity index (χ3n) is 5.64. The molecule has 2 aromatic heterocycles. The van der Waals surface area contributed by atoms with Gasteiger partial charge in [0.1, 0.15) is 24.7 Å². The third-order valence-corrected chi connectivity index (χ3v) is 5.64. The summed E-state index contributed by atoms with van der Waals surface area (Å²) >= 11 is 0. The average molecular weight is 486 g/mol. The van der Waals surface area contributed by atoms with Gasteiger partial charge in [-0.1, -0.05) is 25.1 Å². The standard InChI is InChI=1S/C28H31N5O3/c1-2-32(22-23-12-14-29-15-13-23)19-21-36-26-10-8-24(9-11-26)33-18-16-30-27(28(33)34)31-17-20-35-25-6-4-3-5-7-25/h3-16,18H,2,17,19-22H2,1H3,(H,30,31). The summed E-state index contributed by atoms with van der Waals surface area (Å²) in [6, 6.07) is 21.1. The number of nitrogens with zero attached hydrogens (tertiary/aromatic N) is 4. The summed E-state index contributed by atoms with van der Waals surface area (Å²) in [7, 11) is 0. The van der Waals surface area contributed by atoms with Crippen molar-refractivity contribution in [3.05, 3.63) is 107 Å². The molecule has 0 aliphatic rings. The lowest BCUT2D eigenvalue weighted by Crippen LogP contribution is -2.27. The normalized spacial score (nSPS) is 10.8. The molecule has 0 fully saturated rings. The fourth-order valence-electron chi connectivity index (χ4n) is 3.68. The van der Waals surface area contributed by atoms with Gasteiger partial charge in [-0.25, -0.2) is 4.98 Å². The lowest BCUT2D eigenvalue weighted by molar-refractivity contribution is 0.210. The molecule has 0 saturated heterocycles. The zero-order valence-corrected chi connectivity index (χ0v) is 20.4. The van der Waals surface area contributed by atoms with Crippen molar-refractivity contribution in [1.82, 2.24) is 19.4 Å². The highest BCUT2D eigenvalue weighted by molar-refractivity contribution is 5.41. The molecular formula is C28H31N5O3. The van der Waals surface area contributed by atoms with Crippen LogP contribution in [-0.2, 0) is 6.54 Å². The molecule has 0 unspecified atom stereocenters. The second-order valence-electron chi connectivity index (χ2n) is 8.11. The SMILES string of the molecule is CCN(CCOc1ccc(-n2ccnc(NCCOc3ccccc3)c2=O)cc1)Cc1ccncc1. The van der Waals surface area contributed by atoms with Gasteiger partial charge in [-0.3, -0.25) is 19.2 Å². The van der Waals surface area contributed by atoms with Crippen molar-refractivity contribution in [2.45, 2.75) is 13.5 Å². The molecular weight excluding hydrogens is 454 g/mol. The molecule has 0 aliphatic carbocycles. The van der Waals surface area contributed by atoms with Gasteiger partial charge in [0.05, 0.1) is 6.54 Å². The van der Waals surface area contributed by atoms with Crippen molar-refractivity contribution in [1.29, 1.82) is 0 Å². The maximum Gasteiger partial charge on any atom is 0.297 e. The van der Waals surface area contributed by atoms with Crippen molar-refractivity contribution in [2.75, 3.05) is 38.2 Å². The first-order chi connectivity index (χ1) is 17.7. The Morgan fingerprint density at radius 1 is 0.889 bits per heavy atom. The maximum absolute atomic E-state index is 12.9. The van der Waals surface area contributed by atoms with E-state index in [1.807, 2.05) is 79.1 Å². The molecule has 4 aromatic rings. The number of ether oxygens (including phenoxy) is 2. The topological polar surface area (TPSA) is 81.5 Å². The number of para-hydroxylation sites is 1.